The summed E-state index contributed by atoms with van der Waals surface area (Å²) in [5.41, 5.74) is -0.853. The minimum atomic E-state index is -3.78. The molecule has 6 N–H and O–H groups in total. The molecule has 3 amide bonds. The average Bonchev–Trinajstić information content (AvgIpc) is 1.58. The maximum Gasteiger partial charge on any atom is 0.255 e. The number of carbonyl (C=O) groups is 3. The zero-order valence-electron chi connectivity index (χ0n) is 69.3. The fraction of sp³-hybridized carbons (Fsp3) is 0.442. The molecule has 5 aromatic heterocycles. The Labute approximate surface area is 713 Å². The Morgan fingerprint density at radius 1 is 0.374 bits per heavy atom. The topological polar surface area (TPSA) is 407 Å². The fourth-order valence-corrected chi connectivity index (χ4v) is 31.0. The number of aromatic amines is 3. The van der Waals surface area contributed by atoms with E-state index in [1.54, 1.807) is 159 Å². The highest BCUT2D eigenvalue weighted by Crippen LogP contribution is 2.45. The highest BCUT2D eigenvalue weighted by atomic mass is 32.2. The molecule has 10 saturated heterocycles. The van der Waals surface area contributed by atoms with Crippen molar-refractivity contribution in [2.45, 2.75) is 172 Å². The highest BCUT2D eigenvalue weighted by Gasteiger charge is 2.56. The van der Waals surface area contributed by atoms with Gasteiger partial charge in [0.1, 0.15) is 0 Å². The van der Waals surface area contributed by atoms with Crippen LogP contribution in [-0.4, -0.2) is 247 Å². The van der Waals surface area contributed by atoms with E-state index in [4.69, 9.17) is 0 Å². The van der Waals surface area contributed by atoms with Crippen LogP contribution < -0.4 is 32.0 Å². The van der Waals surface area contributed by atoms with Crippen LogP contribution in [0.4, 0.5) is 0 Å². The van der Waals surface area contributed by atoms with Gasteiger partial charge in [-0.15, -0.1) is 0 Å². The smallest absolute Gasteiger partial charge is 0.255 e. The van der Waals surface area contributed by atoms with Crippen molar-refractivity contribution in [3.8, 4) is 0 Å². The van der Waals surface area contributed by atoms with Gasteiger partial charge >= 0.3 is 0 Å². The first-order valence-corrected chi connectivity index (χ1v) is 48.9. The van der Waals surface area contributed by atoms with E-state index in [0.29, 0.717) is 111 Å². The van der Waals surface area contributed by atoms with E-state index in [2.05, 4.69) is 30.6 Å². The first-order valence-electron chi connectivity index (χ1n) is 41.7. The summed E-state index contributed by atoms with van der Waals surface area (Å²) in [5, 5.41) is 21.7. The zero-order valence-corrected chi connectivity index (χ0v) is 73.4. The number of nitrogens with zero attached hydrogens (tertiary/aromatic N) is 10. The molecule has 10 aliphatic heterocycles. The maximum absolute atomic E-state index is 13.4. The summed E-state index contributed by atoms with van der Waals surface area (Å²) in [6, 6.07) is 32.4. The molecule has 0 bridgehead atoms. The van der Waals surface area contributed by atoms with Crippen molar-refractivity contribution in [1.29, 1.82) is 0 Å². The largest absolute Gasteiger partial charge is 0.338 e. The summed E-state index contributed by atoms with van der Waals surface area (Å²) in [6.45, 7) is 20.6. The average molecular weight is 1780 g/mol. The second-order valence-corrected chi connectivity index (χ2v) is 43.2. The molecule has 15 atom stereocenters. The Morgan fingerprint density at radius 2 is 0.683 bits per heavy atom. The second kappa shape index (κ2) is 33.6. The van der Waals surface area contributed by atoms with Gasteiger partial charge in [0.2, 0.25) is 80.2 Å². The van der Waals surface area contributed by atoms with Gasteiger partial charge in [0.05, 0.1) is 48.0 Å². The number of hydrogen-bond acceptors (Lipinski definition) is 20. The van der Waals surface area contributed by atoms with Crippen LogP contribution in [0.5, 0.6) is 0 Å². The number of rotatable bonds is 10. The molecule has 10 fully saturated rings. The van der Waals surface area contributed by atoms with Crippen LogP contribution in [0.2, 0.25) is 0 Å². The van der Waals surface area contributed by atoms with Gasteiger partial charge in [0, 0.05) is 206 Å². The predicted octanol–water partition coefficient (Wildman–Crippen LogP) is 5.81. The number of hydrogen-bond donors (Lipinski definition) is 6. The van der Waals surface area contributed by atoms with Crippen molar-refractivity contribution in [3.63, 3.8) is 0 Å². The number of aromatic nitrogens is 5. The predicted molar refractivity (Wildman–Crippen MR) is 461 cm³/mol. The van der Waals surface area contributed by atoms with Crippen LogP contribution in [0, 0.1) is 29.6 Å². The lowest BCUT2D eigenvalue weighted by Gasteiger charge is -2.30. The molecule has 123 heavy (non-hydrogen) atoms. The van der Waals surface area contributed by atoms with Gasteiger partial charge in [-0.3, -0.25) is 39.0 Å². The van der Waals surface area contributed by atoms with Crippen molar-refractivity contribution < 1.29 is 66.4 Å². The van der Waals surface area contributed by atoms with Gasteiger partial charge in [-0.05, 0) is 188 Å². The Bertz CT molecular complexity index is 6500. The van der Waals surface area contributed by atoms with Gasteiger partial charge in [0.15, 0.2) is 0 Å². The monoisotopic (exact) mass is 1780 g/mol. The lowest BCUT2D eigenvalue weighted by molar-refractivity contribution is -0.904. The Morgan fingerprint density at radius 3 is 1.02 bits per heavy atom. The van der Waals surface area contributed by atoms with E-state index in [0.717, 1.165) is 61.9 Å². The van der Waals surface area contributed by atoms with Gasteiger partial charge in [-0.25, -0.2) is 42.1 Å². The number of fused-ring (bicyclic) bond motifs is 10. The van der Waals surface area contributed by atoms with Crippen LogP contribution >= 0.6 is 0 Å². The van der Waals surface area contributed by atoms with Crippen molar-refractivity contribution in [2.75, 3.05) is 65.4 Å². The number of pyridine rings is 5. The standard InChI is InChI=1S/C18H22N3O4S.C18H21N3O4S.C18H21N3O3S.2C16H19N3O3S/c1-12-18-15(6-9-20(18)13(2)22)11-21(12)26(24,25)17-5-3-4-14-10-19(23)8-7-16(14)17;1-11-17-13(7-9-20(17)12(2)22)10-21(11)26(24,25)16-5-3-4-15-14(16)6-8-19-18(15)23;1-12-18-15(7-9-20(18)13(2)22)11-21(12)25(23,24)17-5-3-4-14-10-19-8-6-16(14)17;2*1-10-15-11(5-7-17-15)9-19(10)23(21,22)14-4-2-3-13-12(14)6-8-18-16(13)20/h3-5,7-8,10,12,15,18,23H,6,9,11H2,1-2H3;3-6,8,11,13,17H,7,9-10H2,1-2H3,(H,19,23);3-6,8,10,12,15,18H,7,9,11H2,1-2H3;2*2-4,6,8,10-11,15,17H,5,7,9H2,1H3,(H,18,20)/q+1;;;;. The molecule has 10 aliphatic rings. The highest BCUT2D eigenvalue weighted by molar-refractivity contribution is 7.90. The van der Waals surface area contributed by atoms with E-state index in [9.17, 15) is 76.1 Å². The molecule has 37 heteroatoms. The fourth-order valence-electron chi connectivity index (χ4n) is 21.5. The van der Waals surface area contributed by atoms with Crippen molar-refractivity contribution in [2.24, 2.45) is 29.6 Å². The summed E-state index contributed by atoms with van der Waals surface area (Å²) in [6.07, 6.45) is 15.2. The van der Waals surface area contributed by atoms with E-state index < -0.39 is 50.1 Å². The van der Waals surface area contributed by atoms with Crippen LogP contribution in [0.3, 0.4) is 0 Å². The minimum Gasteiger partial charge on any atom is -0.338 e. The van der Waals surface area contributed by atoms with E-state index in [1.165, 1.54) is 46.5 Å². The lowest BCUT2D eigenvalue weighted by atomic mass is 10.0. The third kappa shape index (κ3) is 15.4. The lowest BCUT2D eigenvalue weighted by Crippen LogP contribution is -2.45. The molecule has 0 saturated carbocycles. The van der Waals surface area contributed by atoms with Crippen LogP contribution in [-0.2, 0) is 64.5 Å². The molecule has 15 heterocycles. The molecule has 5 aromatic carbocycles. The SMILES string of the molecule is CC(=O)N1CCC2CN(S(=O)(=O)c3cccc4c(=O)[nH]ccc34)C(C)C21.CC(=O)N1CCC2CN(S(=O)(=O)c3cccc4c[n+](O)ccc34)C(C)C21.CC(=O)N1CCC2CN(S(=O)(=O)c3cccc4cnccc34)C(C)C21.CC1C2NCCC2CN1S(=O)(=O)c1cccc2c(=O)[nH]ccc12.CC1C2NCCC2CN1S(=O)(=O)c1cccc2c(=O)[nH]ccc12. The Hall–Kier alpha value is -9.77. The Kier molecular flexibility index (Phi) is 23.7. The molecular formula is C86H102N15O17S5+. The summed E-state index contributed by atoms with van der Waals surface area (Å²) in [4.78, 5) is 89.9. The molecule has 10 aromatic rings. The molecule has 15 unspecified atom stereocenters. The van der Waals surface area contributed by atoms with Crippen LogP contribution in [0.1, 0.15) is 87.5 Å². The van der Waals surface area contributed by atoms with Gasteiger partial charge in [-0.2, -0.15) is 21.5 Å². The zero-order chi connectivity index (χ0) is 87.4. The first kappa shape index (κ1) is 86.7. The van der Waals surface area contributed by atoms with Crippen LogP contribution in [0.15, 0.2) is 204 Å². The number of nitrogens with one attached hydrogen (secondary N) is 5. The second-order valence-electron chi connectivity index (χ2n) is 33.9. The van der Waals surface area contributed by atoms with E-state index >= 15 is 0 Å². The van der Waals surface area contributed by atoms with Crippen molar-refractivity contribution in [3.05, 3.63) is 196 Å². The summed E-state index contributed by atoms with van der Waals surface area (Å²) < 4.78 is 142. The molecular weight excluding hydrogens is 1680 g/mol. The van der Waals surface area contributed by atoms with E-state index in [-0.39, 0.29) is 132 Å². The molecule has 0 spiro atoms. The normalized spacial score (nSPS) is 27.2. The van der Waals surface area contributed by atoms with Crippen molar-refractivity contribution in [1.82, 2.24) is 66.8 Å². The van der Waals surface area contributed by atoms with Crippen LogP contribution in [0.25, 0.3) is 53.9 Å². The van der Waals surface area contributed by atoms with Gasteiger partial charge in [0.25, 0.3) is 16.7 Å². The number of sulfonamides is 5. The van der Waals surface area contributed by atoms with Crippen molar-refractivity contribution >= 4 is 122 Å². The summed E-state index contributed by atoms with van der Waals surface area (Å²) in [7, 11) is -18.4. The number of carbonyl (C=O) groups excluding carboxylic acids is 3. The van der Waals surface area contributed by atoms with E-state index in [1.807, 2.05) is 50.5 Å². The Balaban J connectivity index is 0.000000114. The molecule has 0 radical (unpaired) electrons. The number of H-pyrrole nitrogens is 3. The van der Waals surface area contributed by atoms with Gasteiger partial charge < -0.3 is 40.3 Å². The maximum atomic E-state index is 13.4. The number of likely N-dealkylation sites (tertiary alicyclic amines) is 3. The summed E-state index contributed by atoms with van der Waals surface area (Å²) >= 11 is 0. The quantitative estimate of drug-likeness (QED) is 0.0694. The number of benzene rings is 5. The third-order valence-corrected chi connectivity index (χ3v) is 37.4. The third-order valence-electron chi connectivity index (χ3n) is 27.3. The van der Waals surface area contributed by atoms with Gasteiger partial charge in [-0.1, -0.05) is 36.4 Å². The minimum absolute atomic E-state index is 0.00117. The molecule has 32 nitrogen and oxygen atoms in total. The summed E-state index contributed by atoms with van der Waals surface area (Å²) in [5.74, 6) is 1.30. The molecule has 652 valence electrons. The first-order chi connectivity index (χ1) is 58.5. The molecule has 20 rings (SSSR count). The molecule has 0 aliphatic carbocycles. The number of amides is 3.